The molecule has 0 bridgehead atoms. The van der Waals surface area contributed by atoms with Crippen molar-refractivity contribution in [3.63, 3.8) is 0 Å². The van der Waals surface area contributed by atoms with Crippen LogP contribution in [0, 0.1) is 16.1 Å². The summed E-state index contributed by atoms with van der Waals surface area (Å²) < 4.78 is 2.18. The smallest absolute Gasteiger partial charge is 0.243 e. The lowest BCUT2D eigenvalue weighted by Gasteiger charge is -2.24. The number of fused-ring (bicyclic) bond motifs is 1. The number of aromatic amines is 1. The summed E-state index contributed by atoms with van der Waals surface area (Å²) in [5.74, 6) is -0.109. The Balaban J connectivity index is 2.53. The lowest BCUT2D eigenvalue weighted by atomic mass is 10.1. The Kier molecular flexibility index (Phi) is 3.88. The zero-order valence-corrected chi connectivity index (χ0v) is 13.3. The van der Waals surface area contributed by atoms with Gasteiger partial charge in [0, 0.05) is 5.54 Å². The third-order valence-electron chi connectivity index (χ3n) is 3.14. The summed E-state index contributed by atoms with van der Waals surface area (Å²) in [6.07, 6.45) is 0. The van der Waals surface area contributed by atoms with Gasteiger partial charge in [-0.2, -0.15) is 5.26 Å². The fraction of sp³-hybridized carbons (Fsp3) is 0.400. The molecule has 0 aliphatic carbocycles. The van der Waals surface area contributed by atoms with Crippen LogP contribution in [0.3, 0.4) is 0 Å². The van der Waals surface area contributed by atoms with Crippen LogP contribution in [-0.4, -0.2) is 21.0 Å². The van der Waals surface area contributed by atoms with Crippen LogP contribution in [0.4, 0.5) is 0 Å². The van der Waals surface area contributed by atoms with Gasteiger partial charge in [0.1, 0.15) is 12.1 Å². The van der Waals surface area contributed by atoms with E-state index in [2.05, 4.69) is 16.4 Å². The summed E-state index contributed by atoms with van der Waals surface area (Å²) in [6.45, 7) is 7.59. The molecule has 1 aromatic carbocycles. The Morgan fingerprint density at radius 3 is 2.71 bits per heavy atom. The van der Waals surface area contributed by atoms with Crippen molar-refractivity contribution >= 4 is 29.2 Å². The second kappa shape index (κ2) is 5.34. The number of carbonyl (C=O) groups excluding carboxylic acids is 1. The van der Waals surface area contributed by atoms with Gasteiger partial charge in [-0.25, -0.2) is 0 Å². The van der Waals surface area contributed by atoms with E-state index in [9.17, 15) is 4.79 Å². The molecular weight excluding hydrogens is 284 g/mol. The monoisotopic (exact) mass is 302 g/mol. The standard InChI is InChI=1S/C15H18N4OS/c1-9(13(20)18-15(2,3)4)19-11-7-5-6-10(8-16)12(11)17-14(19)21/h5-7,9H,1-4H3,(H,17,21)(H,18,20). The highest BCUT2D eigenvalue weighted by Crippen LogP contribution is 2.22. The summed E-state index contributed by atoms with van der Waals surface area (Å²) in [5.41, 5.74) is 1.63. The number of H-pyrrole nitrogens is 1. The number of hydrogen-bond donors (Lipinski definition) is 2. The quantitative estimate of drug-likeness (QED) is 0.837. The zero-order valence-electron chi connectivity index (χ0n) is 12.5. The molecule has 2 N–H and O–H groups in total. The average molecular weight is 302 g/mol. The molecule has 1 unspecified atom stereocenters. The van der Waals surface area contributed by atoms with Crippen LogP contribution >= 0.6 is 12.2 Å². The third-order valence-corrected chi connectivity index (χ3v) is 3.44. The van der Waals surface area contributed by atoms with E-state index in [1.165, 1.54) is 0 Å². The topological polar surface area (TPSA) is 73.6 Å². The van der Waals surface area contributed by atoms with Crippen LogP contribution < -0.4 is 5.32 Å². The van der Waals surface area contributed by atoms with Crippen molar-refractivity contribution in [2.45, 2.75) is 39.3 Å². The maximum atomic E-state index is 12.4. The average Bonchev–Trinajstić information content (AvgIpc) is 2.71. The van der Waals surface area contributed by atoms with E-state index in [-0.39, 0.29) is 11.4 Å². The first kappa shape index (κ1) is 15.3. The summed E-state index contributed by atoms with van der Waals surface area (Å²) in [4.78, 5) is 15.4. The molecule has 2 rings (SSSR count). The molecule has 21 heavy (non-hydrogen) atoms. The summed E-state index contributed by atoms with van der Waals surface area (Å²) in [5, 5.41) is 12.1. The van der Waals surface area contributed by atoms with Crippen LogP contribution in [-0.2, 0) is 4.79 Å². The van der Waals surface area contributed by atoms with Gasteiger partial charge in [-0.3, -0.25) is 4.79 Å². The SMILES string of the molecule is CC(C(=O)NC(C)(C)C)n1c(=S)[nH]c2c(C#N)cccc21. The lowest BCUT2D eigenvalue weighted by molar-refractivity contribution is -0.125. The normalized spacial score (nSPS) is 12.9. The molecule has 1 atom stereocenters. The molecule has 0 radical (unpaired) electrons. The molecule has 2 aromatic rings. The number of nitriles is 1. The van der Waals surface area contributed by atoms with Crippen molar-refractivity contribution in [3.05, 3.63) is 28.5 Å². The number of hydrogen-bond acceptors (Lipinski definition) is 3. The van der Waals surface area contributed by atoms with Crippen LogP contribution in [0.25, 0.3) is 11.0 Å². The predicted molar refractivity (Wildman–Crippen MR) is 84.4 cm³/mol. The molecule has 110 valence electrons. The molecule has 1 heterocycles. The molecule has 0 aliphatic rings. The maximum absolute atomic E-state index is 12.4. The second-order valence-electron chi connectivity index (χ2n) is 6.03. The van der Waals surface area contributed by atoms with Crippen molar-refractivity contribution in [3.8, 4) is 6.07 Å². The number of carbonyl (C=O) groups is 1. The highest BCUT2D eigenvalue weighted by Gasteiger charge is 2.23. The molecule has 6 heteroatoms. The molecule has 0 aliphatic heterocycles. The minimum atomic E-state index is -0.459. The van der Waals surface area contributed by atoms with Gasteiger partial charge in [0.05, 0.1) is 16.6 Å². The second-order valence-corrected chi connectivity index (χ2v) is 6.41. The molecule has 0 fully saturated rings. The Bertz CT molecular complexity index is 789. The van der Waals surface area contributed by atoms with E-state index < -0.39 is 6.04 Å². The maximum Gasteiger partial charge on any atom is 0.243 e. The fourth-order valence-electron chi connectivity index (χ4n) is 2.22. The molecular formula is C15H18N4OS. The van der Waals surface area contributed by atoms with E-state index in [0.29, 0.717) is 15.9 Å². The number of para-hydroxylation sites is 1. The van der Waals surface area contributed by atoms with Crippen LogP contribution in [0.1, 0.15) is 39.3 Å². The Hall–Kier alpha value is -2.13. The van der Waals surface area contributed by atoms with Gasteiger partial charge in [-0.1, -0.05) is 6.07 Å². The minimum Gasteiger partial charge on any atom is -0.350 e. The number of amides is 1. The molecule has 0 saturated carbocycles. The van der Waals surface area contributed by atoms with E-state index in [4.69, 9.17) is 17.5 Å². The Morgan fingerprint density at radius 1 is 1.48 bits per heavy atom. The highest BCUT2D eigenvalue weighted by atomic mass is 32.1. The largest absolute Gasteiger partial charge is 0.350 e. The van der Waals surface area contributed by atoms with Gasteiger partial charge in [0.15, 0.2) is 4.77 Å². The molecule has 1 amide bonds. The van der Waals surface area contributed by atoms with E-state index in [1.54, 1.807) is 23.6 Å². The molecule has 1 aromatic heterocycles. The van der Waals surface area contributed by atoms with Crippen molar-refractivity contribution < 1.29 is 4.79 Å². The first-order chi connectivity index (χ1) is 9.74. The number of benzene rings is 1. The fourth-order valence-corrected chi connectivity index (χ4v) is 2.58. The lowest BCUT2D eigenvalue weighted by Crippen LogP contribution is -2.43. The van der Waals surface area contributed by atoms with Crippen molar-refractivity contribution in [1.82, 2.24) is 14.9 Å². The third kappa shape index (κ3) is 2.98. The minimum absolute atomic E-state index is 0.109. The summed E-state index contributed by atoms with van der Waals surface area (Å²) in [7, 11) is 0. The van der Waals surface area contributed by atoms with Crippen LogP contribution in [0.5, 0.6) is 0 Å². The molecule has 5 nitrogen and oxygen atoms in total. The van der Waals surface area contributed by atoms with Crippen molar-refractivity contribution in [2.24, 2.45) is 0 Å². The first-order valence-corrected chi connectivity index (χ1v) is 7.11. The number of aromatic nitrogens is 2. The van der Waals surface area contributed by atoms with E-state index in [0.717, 1.165) is 5.52 Å². The van der Waals surface area contributed by atoms with Gasteiger partial charge >= 0.3 is 0 Å². The molecule has 0 saturated heterocycles. The Labute approximate surface area is 128 Å². The number of nitrogens with one attached hydrogen (secondary N) is 2. The first-order valence-electron chi connectivity index (χ1n) is 6.70. The van der Waals surface area contributed by atoms with Crippen LogP contribution in [0.15, 0.2) is 18.2 Å². The van der Waals surface area contributed by atoms with Crippen molar-refractivity contribution in [2.75, 3.05) is 0 Å². The number of nitrogens with zero attached hydrogens (tertiary/aromatic N) is 2. The number of imidazole rings is 1. The van der Waals surface area contributed by atoms with Gasteiger partial charge in [0.2, 0.25) is 5.91 Å². The van der Waals surface area contributed by atoms with E-state index in [1.807, 2.05) is 26.8 Å². The number of rotatable bonds is 2. The van der Waals surface area contributed by atoms with Crippen molar-refractivity contribution in [1.29, 1.82) is 5.26 Å². The van der Waals surface area contributed by atoms with Crippen LogP contribution in [0.2, 0.25) is 0 Å². The van der Waals surface area contributed by atoms with E-state index >= 15 is 0 Å². The van der Waals surface area contributed by atoms with Gasteiger partial charge < -0.3 is 14.9 Å². The van der Waals surface area contributed by atoms with Gasteiger partial charge in [-0.05, 0) is 52.0 Å². The zero-order chi connectivity index (χ0) is 15.8. The summed E-state index contributed by atoms with van der Waals surface area (Å²) in [6, 6.07) is 7.02. The van der Waals surface area contributed by atoms with Gasteiger partial charge in [0.25, 0.3) is 0 Å². The highest BCUT2D eigenvalue weighted by molar-refractivity contribution is 7.71. The summed E-state index contributed by atoms with van der Waals surface area (Å²) >= 11 is 5.32. The Morgan fingerprint density at radius 2 is 2.14 bits per heavy atom. The predicted octanol–water partition coefficient (Wildman–Crippen LogP) is 3.05. The van der Waals surface area contributed by atoms with Gasteiger partial charge in [-0.15, -0.1) is 0 Å². The molecule has 0 spiro atoms.